The van der Waals surface area contributed by atoms with Crippen LogP contribution in [-0.4, -0.2) is 25.3 Å². The van der Waals surface area contributed by atoms with Gasteiger partial charge in [-0.25, -0.2) is 10.1 Å². The average Bonchev–Trinajstić information content (AvgIpc) is 2.04. The van der Waals surface area contributed by atoms with Crippen molar-refractivity contribution in [3.63, 3.8) is 0 Å². The molecule has 0 saturated heterocycles. The lowest BCUT2D eigenvalue weighted by molar-refractivity contribution is -0.394. The van der Waals surface area contributed by atoms with Crippen molar-refractivity contribution in [1.82, 2.24) is 0 Å². The lowest BCUT2D eigenvalue weighted by Gasteiger charge is -2.25. The van der Waals surface area contributed by atoms with Crippen LogP contribution in [0.1, 0.15) is 20.3 Å². The Morgan fingerprint density at radius 3 is 2.27 bits per heavy atom. The van der Waals surface area contributed by atoms with Crippen LogP contribution in [0, 0.1) is 6.10 Å². The summed E-state index contributed by atoms with van der Waals surface area (Å²) in [5, 5.41) is 8.44. The number of rotatable bonds is 5. The Bertz CT molecular complexity index is 101. The highest BCUT2D eigenvalue weighted by Gasteiger charge is 2.27. The van der Waals surface area contributed by atoms with E-state index in [4.69, 9.17) is 14.7 Å². The topological polar surface area (TPSA) is 47.9 Å². The molecular formula is C7H15O4. The fraction of sp³-hybridized carbons (Fsp3) is 0.857. The third kappa shape index (κ3) is 3.67. The summed E-state index contributed by atoms with van der Waals surface area (Å²) in [5.74, 6) is -1.000. The second kappa shape index (κ2) is 4.66. The summed E-state index contributed by atoms with van der Waals surface area (Å²) in [4.78, 5) is 4.14. The summed E-state index contributed by atoms with van der Waals surface area (Å²) >= 11 is 0. The van der Waals surface area contributed by atoms with Crippen LogP contribution in [0.15, 0.2) is 0 Å². The van der Waals surface area contributed by atoms with Crippen molar-refractivity contribution in [2.24, 2.45) is 0 Å². The molecule has 1 radical (unpaired) electrons. The summed E-state index contributed by atoms with van der Waals surface area (Å²) in [5.41, 5.74) is 0. The molecule has 0 heterocycles. The van der Waals surface area contributed by atoms with Crippen LogP contribution < -0.4 is 0 Å². The van der Waals surface area contributed by atoms with Crippen molar-refractivity contribution in [2.75, 3.05) is 14.2 Å². The SMILES string of the molecule is CO[C](C)CC(C)(OC)OO. The van der Waals surface area contributed by atoms with E-state index in [-0.39, 0.29) is 0 Å². The molecule has 11 heavy (non-hydrogen) atoms. The molecule has 4 heteroatoms. The highest BCUT2D eigenvalue weighted by molar-refractivity contribution is 4.78. The van der Waals surface area contributed by atoms with Crippen molar-refractivity contribution in [2.45, 2.75) is 26.1 Å². The number of methoxy groups -OCH3 is 2. The fourth-order valence-electron chi connectivity index (χ4n) is 0.666. The van der Waals surface area contributed by atoms with Crippen LogP contribution >= 0.6 is 0 Å². The van der Waals surface area contributed by atoms with Crippen molar-refractivity contribution in [3.8, 4) is 0 Å². The monoisotopic (exact) mass is 163 g/mol. The fourth-order valence-corrected chi connectivity index (χ4v) is 0.666. The Hall–Kier alpha value is -0.160. The number of hydrogen-bond acceptors (Lipinski definition) is 4. The average molecular weight is 163 g/mol. The van der Waals surface area contributed by atoms with E-state index in [1.54, 1.807) is 21.0 Å². The van der Waals surface area contributed by atoms with Crippen molar-refractivity contribution in [1.29, 1.82) is 0 Å². The molecule has 0 aromatic carbocycles. The summed E-state index contributed by atoms with van der Waals surface area (Å²) in [6.07, 6.45) is 1.14. The Labute approximate surface area is 67.0 Å². The van der Waals surface area contributed by atoms with E-state index in [2.05, 4.69) is 4.89 Å². The van der Waals surface area contributed by atoms with Gasteiger partial charge in [0, 0.05) is 20.6 Å². The summed E-state index contributed by atoms with van der Waals surface area (Å²) < 4.78 is 9.78. The van der Waals surface area contributed by atoms with Gasteiger partial charge in [0.25, 0.3) is 0 Å². The van der Waals surface area contributed by atoms with Gasteiger partial charge >= 0.3 is 0 Å². The van der Waals surface area contributed by atoms with Gasteiger partial charge in [-0.05, 0) is 13.8 Å². The van der Waals surface area contributed by atoms with E-state index < -0.39 is 5.79 Å². The molecule has 0 aromatic rings. The maximum absolute atomic E-state index is 8.44. The molecule has 0 aromatic heterocycles. The standard InChI is InChI=1S/C7H15O4/c1-6(9-3)5-7(2,10-4)11-8/h8H,5H2,1-4H3. The molecular weight excluding hydrogens is 148 g/mol. The normalized spacial score (nSPS) is 16.9. The Kier molecular flexibility index (Phi) is 4.60. The Morgan fingerprint density at radius 1 is 1.45 bits per heavy atom. The summed E-state index contributed by atoms with van der Waals surface area (Å²) in [6.45, 7) is 3.41. The van der Waals surface area contributed by atoms with Gasteiger partial charge in [0.15, 0.2) is 0 Å². The van der Waals surface area contributed by atoms with Gasteiger partial charge in [-0.1, -0.05) is 0 Å². The minimum absolute atomic E-state index is 0.399. The third-order valence-electron chi connectivity index (χ3n) is 1.54. The molecule has 0 rings (SSSR count). The van der Waals surface area contributed by atoms with Crippen molar-refractivity contribution < 1.29 is 19.6 Å². The van der Waals surface area contributed by atoms with Gasteiger partial charge in [-0.3, -0.25) is 0 Å². The second-order valence-corrected chi connectivity index (χ2v) is 2.51. The Morgan fingerprint density at radius 2 is 2.00 bits per heavy atom. The highest BCUT2D eigenvalue weighted by atomic mass is 17.1. The summed E-state index contributed by atoms with van der Waals surface area (Å²) in [7, 11) is 3.02. The van der Waals surface area contributed by atoms with Gasteiger partial charge in [0.1, 0.15) is 0 Å². The molecule has 1 unspecified atom stereocenters. The molecule has 0 aliphatic rings. The van der Waals surface area contributed by atoms with Gasteiger partial charge in [0.05, 0.1) is 6.10 Å². The molecule has 1 N–H and O–H groups in total. The van der Waals surface area contributed by atoms with Crippen LogP contribution in [0.25, 0.3) is 0 Å². The van der Waals surface area contributed by atoms with Crippen LogP contribution in [0.5, 0.6) is 0 Å². The van der Waals surface area contributed by atoms with E-state index in [0.717, 1.165) is 6.10 Å². The van der Waals surface area contributed by atoms with Gasteiger partial charge in [0.2, 0.25) is 5.79 Å². The van der Waals surface area contributed by atoms with E-state index in [9.17, 15) is 0 Å². The number of ether oxygens (including phenoxy) is 2. The molecule has 0 fully saturated rings. The van der Waals surface area contributed by atoms with Crippen LogP contribution in [-0.2, 0) is 14.4 Å². The van der Waals surface area contributed by atoms with Crippen LogP contribution in [0.4, 0.5) is 0 Å². The van der Waals surface area contributed by atoms with Crippen molar-refractivity contribution >= 4 is 0 Å². The quantitative estimate of drug-likeness (QED) is 0.378. The first kappa shape index (κ1) is 10.8. The van der Waals surface area contributed by atoms with Gasteiger partial charge in [-0.2, -0.15) is 0 Å². The van der Waals surface area contributed by atoms with E-state index in [1.165, 1.54) is 7.11 Å². The molecule has 4 nitrogen and oxygen atoms in total. The first-order valence-electron chi connectivity index (χ1n) is 3.32. The van der Waals surface area contributed by atoms with Crippen LogP contribution in [0.2, 0.25) is 0 Å². The molecule has 0 bridgehead atoms. The molecule has 0 amide bonds. The molecule has 0 saturated carbocycles. The second-order valence-electron chi connectivity index (χ2n) is 2.51. The zero-order valence-electron chi connectivity index (χ0n) is 7.38. The molecule has 0 spiro atoms. The molecule has 0 aliphatic carbocycles. The molecule has 67 valence electrons. The minimum atomic E-state index is -1.000. The third-order valence-corrected chi connectivity index (χ3v) is 1.54. The number of hydrogen-bond donors (Lipinski definition) is 1. The zero-order chi connectivity index (χ0) is 8.91. The first-order chi connectivity index (χ1) is 5.08. The largest absolute Gasteiger partial charge is 0.375 e. The van der Waals surface area contributed by atoms with E-state index in [1.807, 2.05) is 0 Å². The Balaban J connectivity index is 3.86. The van der Waals surface area contributed by atoms with Gasteiger partial charge < -0.3 is 9.47 Å². The van der Waals surface area contributed by atoms with E-state index in [0.29, 0.717) is 6.42 Å². The van der Waals surface area contributed by atoms with E-state index >= 15 is 0 Å². The summed E-state index contributed by atoms with van der Waals surface area (Å²) in [6, 6.07) is 0. The lowest BCUT2D eigenvalue weighted by atomic mass is 10.1. The zero-order valence-corrected chi connectivity index (χ0v) is 7.38. The predicted octanol–water partition coefficient (Wildman–Crippen LogP) is 1.43. The predicted molar refractivity (Wildman–Crippen MR) is 39.7 cm³/mol. The van der Waals surface area contributed by atoms with Gasteiger partial charge in [-0.15, -0.1) is 0 Å². The molecule has 0 aliphatic heterocycles. The highest BCUT2D eigenvalue weighted by Crippen LogP contribution is 2.21. The smallest absolute Gasteiger partial charge is 0.201 e. The lowest BCUT2D eigenvalue weighted by Crippen LogP contribution is -2.31. The maximum atomic E-state index is 8.44. The van der Waals surface area contributed by atoms with Crippen LogP contribution in [0.3, 0.4) is 0 Å². The first-order valence-corrected chi connectivity index (χ1v) is 3.32. The maximum Gasteiger partial charge on any atom is 0.201 e. The molecule has 1 atom stereocenters. The minimum Gasteiger partial charge on any atom is -0.375 e. The van der Waals surface area contributed by atoms with Crippen molar-refractivity contribution in [3.05, 3.63) is 6.10 Å².